The van der Waals surface area contributed by atoms with Crippen molar-refractivity contribution in [3.63, 3.8) is 0 Å². The molecular formula is C23H37N3O2. The summed E-state index contributed by atoms with van der Waals surface area (Å²) >= 11 is 0. The van der Waals surface area contributed by atoms with Crippen LogP contribution in [0.4, 0.5) is 10.5 Å². The van der Waals surface area contributed by atoms with E-state index in [1.54, 1.807) is 7.11 Å². The summed E-state index contributed by atoms with van der Waals surface area (Å²) in [5, 5.41) is 0. The lowest BCUT2D eigenvalue weighted by Gasteiger charge is -2.44. The number of nitrogens with zero attached hydrogens (tertiary/aromatic N) is 3. The quantitative estimate of drug-likeness (QED) is 0.691. The molecule has 5 nitrogen and oxygen atoms in total. The van der Waals surface area contributed by atoms with Gasteiger partial charge in [0.15, 0.2) is 0 Å². The van der Waals surface area contributed by atoms with Crippen LogP contribution in [0.25, 0.3) is 0 Å². The van der Waals surface area contributed by atoms with E-state index in [9.17, 15) is 4.79 Å². The lowest BCUT2D eigenvalue weighted by molar-refractivity contribution is 0.0837. The molecule has 1 spiro atoms. The van der Waals surface area contributed by atoms with E-state index in [-0.39, 0.29) is 22.6 Å². The third kappa shape index (κ3) is 3.03. The van der Waals surface area contributed by atoms with Gasteiger partial charge in [0.1, 0.15) is 11.3 Å². The van der Waals surface area contributed by atoms with E-state index in [0.717, 1.165) is 12.3 Å². The Balaban J connectivity index is 2.28. The molecule has 0 N–H and O–H groups in total. The number of methoxy groups -OCH3 is 1. The first-order chi connectivity index (χ1) is 12.6. The molecule has 1 saturated heterocycles. The first-order valence-electron chi connectivity index (χ1n) is 10.2. The van der Waals surface area contributed by atoms with Gasteiger partial charge < -0.3 is 19.4 Å². The van der Waals surface area contributed by atoms with Crippen LogP contribution in [0.2, 0.25) is 0 Å². The van der Waals surface area contributed by atoms with E-state index in [4.69, 9.17) is 4.74 Å². The maximum atomic E-state index is 13.7. The van der Waals surface area contributed by atoms with Crippen molar-refractivity contribution in [2.24, 2.45) is 0 Å². The Labute approximate surface area is 170 Å². The second-order valence-corrected chi connectivity index (χ2v) is 11.2. The van der Waals surface area contributed by atoms with Crippen molar-refractivity contribution in [2.45, 2.75) is 84.5 Å². The van der Waals surface area contributed by atoms with E-state index in [1.807, 2.05) is 11.0 Å². The fraction of sp³-hybridized carbons (Fsp3) is 0.696. The summed E-state index contributed by atoms with van der Waals surface area (Å²) in [6.07, 6.45) is 0. The van der Waals surface area contributed by atoms with Crippen molar-refractivity contribution in [1.29, 1.82) is 0 Å². The zero-order valence-electron chi connectivity index (χ0n) is 19.3. The third-order valence-electron chi connectivity index (χ3n) is 5.98. The number of hydrogen-bond donors (Lipinski definition) is 0. The van der Waals surface area contributed by atoms with Gasteiger partial charge in [-0.1, -0.05) is 0 Å². The molecule has 2 amide bonds. The smallest absolute Gasteiger partial charge is 0.321 e. The molecule has 1 aromatic rings. The standard InChI is InChI=1S/C23H37N3O2/c1-20(2,3)24-14-23(17-13-16(28-10)11-12-18(17)24)15-25(21(4,5)6)19(27)26(23)22(7,8)9/h11-13H,14-15H2,1-10H3/t23-/m0/s1. The molecule has 0 saturated carbocycles. The Bertz CT molecular complexity index is 783. The van der Waals surface area contributed by atoms with E-state index < -0.39 is 5.54 Å². The van der Waals surface area contributed by atoms with Crippen molar-refractivity contribution in [3.05, 3.63) is 23.8 Å². The highest BCUT2D eigenvalue weighted by atomic mass is 16.5. The SMILES string of the molecule is COc1ccc2c(c1)[C@@]1(CN(C(C)(C)C)C(=O)N1C(C)(C)C)CN2C(C)(C)C. The minimum Gasteiger partial charge on any atom is -0.497 e. The first-order valence-corrected chi connectivity index (χ1v) is 10.2. The van der Waals surface area contributed by atoms with Crippen LogP contribution < -0.4 is 9.64 Å². The summed E-state index contributed by atoms with van der Waals surface area (Å²) in [4.78, 5) is 20.3. The van der Waals surface area contributed by atoms with Gasteiger partial charge in [-0.05, 0) is 80.5 Å². The van der Waals surface area contributed by atoms with Crippen molar-refractivity contribution in [3.8, 4) is 5.75 Å². The maximum absolute atomic E-state index is 13.7. The molecule has 156 valence electrons. The van der Waals surface area contributed by atoms with Crippen LogP contribution >= 0.6 is 0 Å². The average Bonchev–Trinajstić information content (AvgIpc) is 3.02. The minimum absolute atomic E-state index is 0.0470. The normalized spacial score (nSPS) is 23.1. The predicted octanol–water partition coefficient (Wildman–Crippen LogP) is 4.84. The molecule has 3 rings (SSSR count). The van der Waals surface area contributed by atoms with Crippen molar-refractivity contribution < 1.29 is 9.53 Å². The lowest BCUT2D eigenvalue weighted by atomic mass is 9.87. The Morgan fingerprint density at radius 3 is 1.86 bits per heavy atom. The predicted molar refractivity (Wildman–Crippen MR) is 115 cm³/mol. The van der Waals surface area contributed by atoms with Gasteiger partial charge in [0.25, 0.3) is 0 Å². The van der Waals surface area contributed by atoms with Gasteiger partial charge in [0, 0.05) is 34.4 Å². The third-order valence-corrected chi connectivity index (χ3v) is 5.98. The number of rotatable bonds is 1. The Morgan fingerprint density at radius 1 is 0.857 bits per heavy atom. The fourth-order valence-electron chi connectivity index (χ4n) is 4.76. The number of benzene rings is 1. The number of carbonyl (C=O) groups is 1. The fourth-order valence-corrected chi connectivity index (χ4v) is 4.76. The molecule has 0 radical (unpaired) electrons. The van der Waals surface area contributed by atoms with Crippen LogP contribution in [-0.4, -0.2) is 52.6 Å². The summed E-state index contributed by atoms with van der Waals surface area (Å²) in [6.45, 7) is 20.9. The van der Waals surface area contributed by atoms with Gasteiger partial charge in [-0.2, -0.15) is 0 Å². The molecule has 2 heterocycles. The number of urea groups is 1. The Morgan fingerprint density at radius 2 is 1.39 bits per heavy atom. The molecular weight excluding hydrogens is 350 g/mol. The summed E-state index contributed by atoms with van der Waals surface area (Å²) in [6, 6.07) is 6.43. The van der Waals surface area contributed by atoms with Crippen LogP contribution in [0.15, 0.2) is 18.2 Å². The average molecular weight is 388 g/mol. The van der Waals surface area contributed by atoms with Crippen molar-refractivity contribution in [1.82, 2.24) is 9.80 Å². The van der Waals surface area contributed by atoms with E-state index in [1.165, 1.54) is 11.3 Å². The van der Waals surface area contributed by atoms with Gasteiger partial charge in [-0.3, -0.25) is 0 Å². The molecule has 0 aromatic heterocycles. The monoisotopic (exact) mass is 387 g/mol. The molecule has 2 aliphatic heterocycles. The Kier molecular flexibility index (Phi) is 4.49. The first kappa shape index (κ1) is 20.8. The van der Waals surface area contributed by atoms with Crippen LogP contribution in [0.3, 0.4) is 0 Å². The van der Waals surface area contributed by atoms with Crippen LogP contribution in [0.1, 0.15) is 67.9 Å². The molecule has 1 fully saturated rings. The highest BCUT2D eigenvalue weighted by molar-refractivity contribution is 5.83. The molecule has 28 heavy (non-hydrogen) atoms. The van der Waals surface area contributed by atoms with Crippen LogP contribution in [-0.2, 0) is 5.54 Å². The number of carbonyl (C=O) groups excluding carboxylic acids is 1. The van der Waals surface area contributed by atoms with Gasteiger partial charge in [-0.15, -0.1) is 0 Å². The Hall–Kier alpha value is -1.91. The van der Waals surface area contributed by atoms with Gasteiger partial charge in [0.2, 0.25) is 0 Å². The summed E-state index contributed by atoms with van der Waals surface area (Å²) < 4.78 is 5.57. The van der Waals surface area contributed by atoms with Crippen LogP contribution in [0, 0.1) is 0 Å². The largest absolute Gasteiger partial charge is 0.497 e. The number of amides is 2. The van der Waals surface area contributed by atoms with Gasteiger partial charge >= 0.3 is 6.03 Å². The number of hydrogen-bond acceptors (Lipinski definition) is 3. The molecule has 1 atom stereocenters. The van der Waals surface area contributed by atoms with E-state index in [0.29, 0.717) is 6.54 Å². The number of anilines is 1. The minimum atomic E-state index is -0.403. The zero-order chi connectivity index (χ0) is 21.3. The van der Waals surface area contributed by atoms with Crippen molar-refractivity contribution in [2.75, 3.05) is 25.1 Å². The maximum Gasteiger partial charge on any atom is 0.321 e. The second kappa shape index (κ2) is 6.04. The van der Waals surface area contributed by atoms with Crippen LogP contribution in [0.5, 0.6) is 5.75 Å². The number of fused-ring (bicyclic) bond motifs is 2. The molecule has 0 bridgehead atoms. The summed E-state index contributed by atoms with van der Waals surface area (Å²) in [5.41, 5.74) is 1.40. The molecule has 2 aliphatic rings. The van der Waals surface area contributed by atoms with Gasteiger partial charge in [-0.25, -0.2) is 4.79 Å². The lowest BCUT2D eigenvalue weighted by Crippen LogP contribution is -2.57. The highest BCUT2D eigenvalue weighted by Crippen LogP contribution is 2.53. The van der Waals surface area contributed by atoms with E-state index >= 15 is 0 Å². The molecule has 0 unspecified atom stereocenters. The highest BCUT2D eigenvalue weighted by Gasteiger charge is 2.61. The second-order valence-electron chi connectivity index (χ2n) is 11.2. The summed E-state index contributed by atoms with van der Waals surface area (Å²) in [7, 11) is 1.70. The molecule has 0 aliphatic carbocycles. The summed E-state index contributed by atoms with van der Waals surface area (Å²) in [5.74, 6) is 0.837. The zero-order valence-corrected chi connectivity index (χ0v) is 19.3. The topological polar surface area (TPSA) is 36.0 Å². The van der Waals surface area contributed by atoms with E-state index in [2.05, 4.69) is 84.2 Å². The van der Waals surface area contributed by atoms with Gasteiger partial charge in [0.05, 0.1) is 13.7 Å². The molecule has 1 aromatic carbocycles. The van der Waals surface area contributed by atoms with Crippen molar-refractivity contribution >= 4 is 11.7 Å². The number of ether oxygens (including phenoxy) is 1. The molecule has 5 heteroatoms.